The number of nitrogens with zero attached hydrogens (tertiary/aromatic N) is 5. The van der Waals surface area contributed by atoms with Gasteiger partial charge in [-0.15, -0.1) is 0 Å². The molecule has 2 aliphatic rings. The second kappa shape index (κ2) is 10.2. The molecule has 1 N–H and O–H groups in total. The Morgan fingerprint density at radius 2 is 1.96 bits per heavy atom. The lowest BCUT2D eigenvalue weighted by molar-refractivity contribution is 0.0394. The minimum atomic E-state index is -3.39. The van der Waals surface area contributed by atoms with E-state index in [4.69, 9.17) is 14.3 Å². The van der Waals surface area contributed by atoms with Gasteiger partial charge < -0.3 is 19.5 Å². The highest BCUT2D eigenvalue weighted by Crippen LogP contribution is 2.13. The Bertz CT molecular complexity index is 710. The second-order valence-electron chi connectivity index (χ2n) is 6.82. The summed E-state index contributed by atoms with van der Waals surface area (Å²) in [6, 6.07) is 1.58. The van der Waals surface area contributed by atoms with E-state index in [-0.39, 0.29) is 5.75 Å². The summed E-state index contributed by atoms with van der Waals surface area (Å²) in [5.74, 6) is 0.723. The minimum Gasteiger partial charge on any atom is -0.379 e. The Labute approximate surface area is 166 Å². The smallest absolute Gasteiger partial charge is 0.220 e. The van der Waals surface area contributed by atoms with Crippen LogP contribution in [0.5, 0.6) is 0 Å². The Kier molecular flexibility index (Phi) is 7.65. The third-order valence-electron chi connectivity index (χ3n) is 4.87. The molecule has 1 aromatic rings. The number of piperazine rings is 1. The Hall–Kier alpha value is -1.69. The van der Waals surface area contributed by atoms with Crippen LogP contribution in [0.4, 0.5) is 0 Å². The summed E-state index contributed by atoms with van der Waals surface area (Å²) in [7, 11) is -3.39. The molecule has 28 heavy (non-hydrogen) atoms. The number of aromatic nitrogens is 1. The van der Waals surface area contributed by atoms with Crippen molar-refractivity contribution in [3.8, 4) is 0 Å². The van der Waals surface area contributed by atoms with E-state index >= 15 is 0 Å². The van der Waals surface area contributed by atoms with Crippen LogP contribution in [0.25, 0.3) is 0 Å². The van der Waals surface area contributed by atoms with Crippen LogP contribution < -0.4 is 5.32 Å². The number of guanidine groups is 1. The summed E-state index contributed by atoms with van der Waals surface area (Å²) in [6.07, 6.45) is 1.39. The maximum absolute atomic E-state index is 12.6. The Morgan fingerprint density at radius 3 is 2.61 bits per heavy atom. The van der Waals surface area contributed by atoms with E-state index in [1.54, 1.807) is 6.07 Å². The van der Waals surface area contributed by atoms with Gasteiger partial charge in [0.1, 0.15) is 12.0 Å². The predicted molar refractivity (Wildman–Crippen MR) is 106 cm³/mol. The fourth-order valence-corrected chi connectivity index (χ4v) is 4.74. The molecule has 0 unspecified atom stereocenters. The van der Waals surface area contributed by atoms with Crippen molar-refractivity contribution in [2.75, 3.05) is 72.1 Å². The maximum Gasteiger partial charge on any atom is 0.220 e. The van der Waals surface area contributed by atoms with Crippen LogP contribution in [0.1, 0.15) is 12.6 Å². The van der Waals surface area contributed by atoms with Crippen LogP contribution in [0.3, 0.4) is 0 Å². The van der Waals surface area contributed by atoms with Gasteiger partial charge in [-0.2, -0.15) is 4.31 Å². The first kappa shape index (κ1) is 21.0. The van der Waals surface area contributed by atoms with Gasteiger partial charge in [0.05, 0.1) is 25.5 Å². The summed E-state index contributed by atoms with van der Waals surface area (Å²) in [6.45, 7) is 10.0. The van der Waals surface area contributed by atoms with Gasteiger partial charge in [0.25, 0.3) is 0 Å². The number of nitrogens with one attached hydrogen (secondary N) is 1. The normalized spacial score (nSPS) is 20.5. The largest absolute Gasteiger partial charge is 0.379 e. The van der Waals surface area contributed by atoms with Crippen LogP contribution in [0.15, 0.2) is 21.8 Å². The van der Waals surface area contributed by atoms with Crippen molar-refractivity contribution in [1.29, 1.82) is 0 Å². The SMILES string of the molecule is CCNC(=NCCN1CCOCC1)N1CCN(S(=O)(=O)Cc2ccon2)CC1. The van der Waals surface area contributed by atoms with E-state index in [9.17, 15) is 8.42 Å². The van der Waals surface area contributed by atoms with E-state index in [1.807, 2.05) is 6.92 Å². The van der Waals surface area contributed by atoms with E-state index in [0.717, 1.165) is 45.4 Å². The highest BCUT2D eigenvalue weighted by atomic mass is 32.2. The molecule has 2 saturated heterocycles. The zero-order chi connectivity index (χ0) is 19.8. The molecule has 2 aliphatic heterocycles. The van der Waals surface area contributed by atoms with Crippen LogP contribution in [-0.4, -0.2) is 106 Å². The van der Waals surface area contributed by atoms with Crippen molar-refractivity contribution in [2.45, 2.75) is 12.7 Å². The second-order valence-corrected chi connectivity index (χ2v) is 8.79. The van der Waals surface area contributed by atoms with Crippen molar-refractivity contribution in [3.63, 3.8) is 0 Å². The molecule has 0 bridgehead atoms. The number of ether oxygens (including phenoxy) is 1. The molecule has 0 aliphatic carbocycles. The van der Waals surface area contributed by atoms with Gasteiger partial charge in [-0.1, -0.05) is 5.16 Å². The van der Waals surface area contributed by atoms with Gasteiger partial charge in [0.2, 0.25) is 10.0 Å². The standard InChI is InChI=1S/C17H30N6O4S/c1-2-18-17(19-4-5-21-10-13-26-14-11-21)22-6-8-23(9-7-22)28(24,25)15-16-3-12-27-20-16/h3,12H,2,4-11,13-15H2,1H3,(H,18,19). The number of rotatable bonds is 7. The molecule has 0 spiro atoms. The molecule has 11 heteroatoms. The molecule has 0 saturated carbocycles. The van der Waals surface area contributed by atoms with E-state index in [0.29, 0.717) is 38.4 Å². The molecule has 0 amide bonds. The molecular weight excluding hydrogens is 384 g/mol. The fraction of sp³-hybridized carbons (Fsp3) is 0.765. The van der Waals surface area contributed by atoms with Crippen molar-refractivity contribution < 1.29 is 17.7 Å². The van der Waals surface area contributed by atoms with E-state index in [2.05, 4.69) is 20.3 Å². The van der Waals surface area contributed by atoms with Crippen LogP contribution in [-0.2, 0) is 20.5 Å². The van der Waals surface area contributed by atoms with Gasteiger partial charge in [-0.05, 0) is 6.92 Å². The van der Waals surface area contributed by atoms with Crippen LogP contribution >= 0.6 is 0 Å². The van der Waals surface area contributed by atoms with Crippen molar-refractivity contribution in [3.05, 3.63) is 18.0 Å². The summed E-state index contributed by atoms with van der Waals surface area (Å²) in [5, 5.41) is 7.03. The summed E-state index contributed by atoms with van der Waals surface area (Å²) >= 11 is 0. The zero-order valence-corrected chi connectivity index (χ0v) is 17.2. The number of hydrogen-bond donors (Lipinski definition) is 1. The van der Waals surface area contributed by atoms with E-state index in [1.165, 1.54) is 10.6 Å². The first-order chi connectivity index (χ1) is 13.6. The first-order valence-electron chi connectivity index (χ1n) is 9.79. The quantitative estimate of drug-likeness (QED) is 0.467. The van der Waals surface area contributed by atoms with Crippen molar-refractivity contribution >= 4 is 16.0 Å². The topological polar surface area (TPSA) is 104 Å². The van der Waals surface area contributed by atoms with Gasteiger partial charge in [-0.3, -0.25) is 9.89 Å². The average molecular weight is 415 g/mol. The lowest BCUT2D eigenvalue weighted by Crippen LogP contribution is -2.54. The number of aliphatic imine (C=N–C) groups is 1. The third-order valence-corrected chi connectivity index (χ3v) is 6.68. The van der Waals surface area contributed by atoms with Gasteiger partial charge in [-0.25, -0.2) is 8.42 Å². The number of hydrogen-bond acceptors (Lipinski definition) is 7. The zero-order valence-electron chi connectivity index (χ0n) is 16.4. The molecule has 3 heterocycles. The van der Waals surface area contributed by atoms with Crippen molar-refractivity contribution in [2.24, 2.45) is 4.99 Å². The fourth-order valence-electron chi connectivity index (χ4n) is 3.32. The average Bonchev–Trinajstić information content (AvgIpc) is 3.20. The molecule has 10 nitrogen and oxygen atoms in total. The first-order valence-corrected chi connectivity index (χ1v) is 11.4. The maximum atomic E-state index is 12.6. The minimum absolute atomic E-state index is 0.128. The van der Waals surface area contributed by atoms with Gasteiger partial charge >= 0.3 is 0 Å². The van der Waals surface area contributed by atoms with E-state index < -0.39 is 10.0 Å². The number of morpholine rings is 1. The molecule has 1 aromatic heterocycles. The van der Waals surface area contributed by atoms with Crippen LogP contribution in [0.2, 0.25) is 0 Å². The molecule has 0 atom stereocenters. The Morgan fingerprint density at radius 1 is 1.21 bits per heavy atom. The third kappa shape index (κ3) is 5.90. The monoisotopic (exact) mass is 414 g/mol. The number of sulfonamides is 1. The Balaban J connectivity index is 1.51. The van der Waals surface area contributed by atoms with Gasteiger partial charge in [0.15, 0.2) is 5.96 Å². The summed E-state index contributed by atoms with van der Waals surface area (Å²) < 4.78 is 36.8. The molecule has 2 fully saturated rings. The molecule has 3 rings (SSSR count). The summed E-state index contributed by atoms with van der Waals surface area (Å²) in [4.78, 5) is 9.22. The highest BCUT2D eigenvalue weighted by Gasteiger charge is 2.29. The molecule has 0 radical (unpaired) electrons. The molecular formula is C17H30N6O4S. The predicted octanol–water partition coefficient (Wildman–Crippen LogP) is -0.580. The van der Waals surface area contributed by atoms with Gasteiger partial charge in [0, 0.05) is 58.4 Å². The lowest BCUT2D eigenvalue weighted by Gasteiger charge is -2.36. The van der Waals surface area contributed by atoms with Crippen LogP contribution in [0, 0.1) is 0 Å². The summed E-state index contributed by atoms with van der Waals surface area (Å²) in [5.41, 5.74) is 0.431. The lowest BCUT2D eigenvalue weighted by atomic mass is 10.4. The molecule has 0 aromatic carbocycles. The highest BCUT2D eigenvalue weighted by molar-refractivity contribution is 7.88. The van der Waals surface area contributed by atoms with Crippen molar-refractivity contribution in [1.82, 2.24) is 24.6 Å². The molecule has 158 valence electrons.